The Morgan fingerprint density at radius 2 is 2.04 bits per heavy atom. The molecule has 0 saturated heterocycles. The number of carbonyl (C=O) groups is 1. The number of H-pyrrole nitrogens is 1. The van der Waals surface area contributed by atoms with Gasteiger partial charge in [-0.3, -0.25) is 4.79 Å². The van der Waals surface area contributed by atoms with Crippen LogP contribution in [0.1, 0.15) is 54.3 Å². The summed E-state index contributed by atoms with van der Waals surface area (Å²) in [5.41, 5.74) is 3.26. The molecule has 2 heterocycles. The van der Waals surface area contributed by atoms with Crippen molar-refractivity contribution in [1.82, 2.24) is 19.9 Å². The van der Waals surface area contributed by atoms with Gasteiger partial charge in [0, 0.05) is 29.1 Å². The average molecular weight is 428 g/mol. The van der Waals surface area contributed by atoms with E-state index >= 15 is 0 Å². The van der Waals surface area contributed by atoms with Gasteiger partial charge in [-0.2, -0.15) is 0 Å². The standard InChI is InChI=1S/C20H22BrN5O/c1-5-26(17-7-6-14(12(2)3)11-15(17)21)20-24-13(4)10-16(25-20)18(27)19-22-8-9-23-19/h6-12H,5H2,1-4H3,(H,22,23). The number of hydrogen-bond donors (Lipinski definition) is 1. The first-order valence-corrected chi connectivity index (χ1v) is 9.66. The van der Waals surface area contributed by atoms with Crippen LogP contribution in [0.3, 0.4) is 0 Å². The molecule has 0 amide bonds. The Balaban J connectivity index is 2.02. The highest BCUT2D eigenvalue weighted by atomic mass is 79.9. The Morgan fingerprint density at radius 1 is 1.26 bits per heavy atom. The van der Waals surface area contributed by atoms with E-state index in [1.807, 2.05) is 18.7 Å². The van der Waals surface area contributed by atoms with Crippen LogP contribution < -0.4 is 4.90 Å². The van der Waals surface area contributed by atoms with E-state index in [1.54, 1.807) is 18.5 Å². The number of nitrogens with one attached hydrogen (secondary N) is 1. The summed E-state index contributed by atoms with van der Waals surface area (Å²) in [4.78, 5) is 30.6. The zero-order valence-corrected chi connectivity index (χ0v) is 17.4. The van der Waals surface area contributed by atoms with Gasteiger partial charge in [-0.15, -0.1) is 0 Å². The Bertz CT molecular complexity index is 953. The van der Waals surface area contributed by atoms with Gasteiger partial charge in [-0.25, -0.2) is 15.0 Å². The molecule has 1 N–H and O–H groups in total. The lowest BCUT2D eigenvalue weighted by Gasteiger charge is -2.23. The molecule has 3 rings (SSSR count). The molecule has 0 bridgehead atoms. The number of nitrogens with zero attached hydrogens (tertiary/aromatic N) is 4. The average Bonchev–Trinajstić information content (AvgIpc) is 3.17. The first-order chi connectivity index (χ1) is 12.9. The van der Waals surface area contributed by atoms with Crippen molar-refractivity contribution in [3.63, 3.8) is 0 Å². The number of aromatic nitrogens is 4. The van der Waals surface area contributed by atoms with E-state index in [2.05, 4.69) is 67.9 Å². The normalized spacial score (nSPS) is 11.0. The molecule has 27 heavy (non-hydrogen) atoms. The van der Waals surface area contributed by atoms with E-state index in [0.717, 1.165) is 15.9 Å². The fraction of sp³-hybridized carbons (Fsp3) is 0.300. The van der Waals surface area contributed by atoms with Crippen molar-refractivity contribution in [1.29, 1.82) is 0 Å². The zero-order chi connectivity index (χ0) is 19.6. The first kappa shape index (κ1) is 19.2. The minimum absolute atomic E-state index is 0.253. The van der Waals surface area contributed by atoms with Crippen LogP contribution in [0.5, 0.6) is 0 Å². The molecular formula is C20H22BrN5O. The summed E-state index contributed by atoms with van der Waals surface area (Å²) in [5, 5.41) is 0. The number of imidazole rings is 1. The maximum atomic E-state index is 12.6. The molecule has 6 nitrogen and oxygen atoms in total. The molecule has 3 aromatic rings. The van der Waals surface area contributed by atoms with Crippen molar-refractivity contribution in [3.8, 4) is 0 Å². The highest BCUT2D eigenvalue weighted by Crippen LogP contribution is 2.33. The lowest BCUT2D eigenvalue weighted by Crippen LogP contribution is -2.21. The van der Waals surface area contributed by atoms with E-state index in [4.69, 9.17) is 0 Å². The van der Waals surface area contributed by atoms with Crippen molar-refractivity contribution >= 4 is 33.3 Å². The monoisotopic (exact) mass is 427 g/mol. The number of carbonyl (C=O) groups excluding carboxylic acids is 1. The second kappa shape index (κ2) is 8.00. The van der Waals surface area contributed by atoms with Crippen LogP contribution in [0, 0.1) is 6.92 Å². The number of ketones is 1. The number of halogens is 1. The van der Waals surface area contributed by atoms with Crippen molar-refractivity contribution < 1.29 is 4.79 Å². The molecule has 0 aliphatic carbocycles. The van der Waals surface area contributed by atoms with Gasteiger partial charge in [0.25, 0.3) is 0 Å². The zero-order valence-electron chi connectivity index (χ0n) is 15.8. The van der Waals surface area contributed by atoms with Crippen LogP contribution in [0.25, 0.3) is 0 Å². The van der Waals surface area contributed by atoms with Gasteiger partial charge < -0.3 is 9.88 Å². The Morgan fingerprint density at radius 3 is 2.63 bits per heavy atom. The van der Waals surface area contributed by atoms with E-state index in [0.29, 0.717) is 24.1 Å². The minimum atomic E-state index is -0.253. The summed E-state index contributed by atoms with van der Waals surface area (Å²) >= 11 is 3.67. The molecule has 0 atom stereocenters. The maximum Gasteiger partial charge on any atom is 0.246 e. The lowest BCUT2D eigenvalue weighted by molar-refractivity contribution is 0.102. The number of benzene rings is 1. The summed E-state index contributed by atoms with van der Waals surface area (Å²) in [6.45, 7) is 8.87. The molecule has 1 aromatic carbocycles. The number of rotatable bonds is 6. The quantitative estimate of drug-likeness (QED) is 0.572. The number of anilines is 2. The molecule has 140 valence electrons. The molecule has 2 aromatic heterocycles. The Hall–Kier alpha value is -2.54. The minimum Gasteiger partial charge on any atom is -0.342 e. The molecule has 0 radical (unpaired) electrons. The van der Waals surface area contributed by atoms with Gasteiger partial charge in [0.2, 0.25) is 11.7 Å². The SMILES string of the molecule is CCN(c1nc(C)cc(C(=O)c2ncc[nH]2)n1)c1ccc(C(C)C)cc1Br. The summed E-state index contributed by atoms with van der Waals surface area (Å²) in [5.74, 6) is 0.949. The third-order valence-electron chi connectivity index (χ3n) is 4.28. The molecule has 0 aliphatic rings. The molecule has 7 heteroatoms. The summed E-state index contributed by atoms with van der Waals surface area (Å²) in [6, 6.07) is 7.97. The second-order valence-corrected chi connectivity index (χ2v) is 7.43. The van der Waals surface area contributed by atoms with E-state index in [1.165, 1.54) is 5.56 Å². The maximum absolute atomic E-state index is 12.6. The van der Waals surface area contributed by atoms with Gasteiger partial charge in [0.05, 0.1) is 5.69 Å². The van der Waals surface area contributed by atoms with E-state index in [-0.39, 0.29) is 11.6 Å². The van der Waals surface area contributed by atoms with Crippen LogP contribution in [-0.4, -0.2) is 32.3 Å². The predicted molar refractivity (Wildman–Crippen MR) is 110 cm³/mol. The van der Waals surface area contributed by atoms with Crippen molar-refractivity contribution in [2.45, 2.75) is 33.6 Å². The van der Waals surface area contributed by atoms with Gasteiger partial charge >= 0.3 is 0 Å². The Kier molecular flexibility index (Phi) is 5.70. The highest BCUT2D eigenvalue weighted by molar-refractivity contribution is 9.10. The number of aryl methyl sites for hydroxylation is 1. The predicted octanol–water partition coefficient (Wildman–Crippen LogP) is 4.78. The fourth-order valence-corrected chi connectivity index (χ4v) is 3.43. The molecule has 0 saturated carbocycles. The fourth-order valence-electron chi connectivity index (χ4n) is 2.82. The molecule has 0 spiro atoms. The number of hydrogen-bond acceptors (Lipinski definition) is 5. The highest BCUT2D eigenvalue weighted by Gasteiger charge is 2.19. The van der Waals surface area contributed by atoms with Gasteiger partial charge in [-0.1, -0.05) is 19.9 Å². The summed E-state index contributed by atoms with van der Waals surface area (Å²) in [6.07, 6.45) is 3.17. The second-order valence-electron chi connectivity index (χ2n) is 6.57. The topological polar surface area (TPSA) is 74.8 Å². The van der Waals surface area contributed by atoms with E-state index in [9.17, 15) is 4.79 Å². The van der Waals surface area contributed by atoms with Crippen LogP contribution in [-0.2, 0) is 0 Å². The molecule has 0 aliphatic heterocycles. The van der Waals surface area contributed by atoms with Gasteiger partial charge in [-0.05, 0) is 59.5 Å². The van der Waals surface area contributed by atoms with Crippen LogP contribution in [0.15, 0.2) is 41.1 Å². The lowest BCUT2D eigenvalue weighted by atomic mass is 10.0. The third-order valence-corrected chi connectivity index (χ3v) is 4.91. The van der Waals surface area contributed by atoms with Crippen LogP contribution >= 0.6 is 15.9 Å². The van der Waals surface area contributed by atoms with Crippen LogP contribution in [0.2, 0.25) is 0 Å². The Labute approximate surface area is 167 Å². The molecule has 0 unspecified atom stereocenters. The first-order valence-electron chi connectivity index (χ1n) is 8.87. The smallest absolute Gasteiger partial charge is 0.246 e. The van der Waals surface area contributed by atoms with Crippen molar-refractivity contribution in [2.24, 2.45) is 0 Å². The molecule has 0 fully saturated rings. The van der Waals surface area contributed by atoms with E-state index < -0.39 is 0 Å². The van der Waals surface area contributed by atoms with Crippen molar-refractivity contribution in [3.05, 3.63) is 63.9 Å². The largest absolute Gasteiger partial charge is 0.342 e. The molecular weight excluding hydrogens is 406 g/mol. The third kappa shape index (κ3) is 4.08. The van der Waals surface area contributed by atoms with Crippen LogP contribution in [0.4, 0.5) is 11.6 Å². The van der Waals surface area contributed by atoms with Crippen molar-refractivity contribution in [2.75, 3.05) is 11.4 Å². The number of aromatic amines is 1. The summed E-state index contributed by atoms with van der Waals surface area (Å²) in [7, 11) is 0. The van der Waals surface area contributed by atoms with Gasteiger partial charge in [0.1, 0.15) is 5.69 Å². The summed E-state index contributed by atoms with van der Waals surface area (Å²) < 4.78 is 0.972. The van der Waals surface area contributed by atoms with Gasteiger partial charge in [0.15, 0.2) is 5.82 Å².